The topological polar surface area (TPSA) is 55.5 Å². The number of ether oxygens (including phenoxy) is 1. The van der Waals surface area contributed by atoms with Gasteiger partial charge in [0.05, 0.1) is 13.2 Å². The maximum absolute atomic E-state index is 8.83. The molecule has 1 heterocycles. The van der Waals surface area contributed by atoms with Gasteiger partial charge in [-0.05, 0) is 6.42 Å². The van der Waals surface area contributed by atoms with Crippen molar-refractivity contribution < 1.29 is 9.84 Å². The summed E-state index contributed by atoms with van der Waals surface area (Å²) in [5, 5.41) is 9.13. The second-order valence-corrected chi connectivity index (χ2v) is 5.09. The molecule has 4 heteroatoms. The van der Waals surface area contributed by atoms with E-state index in [0.717, 1.165) is 25.4 Å². The fourth-order valence-electron chi connectivity index (χ4n) is 1.35. The summed E-state index contributed by atoms with van der Waals surface area (Å²) in [5.74, 6) is 1.45. The number of nitrogens with two attached hydrogens (primary N) is 1. The van der Waals surface area contributed by atoms with Crippen LogP contribution in [0, 0.1) is 5.92 Å². The van der Waals surface area contributed by atoms with Crippen LogP contribution in [0.5, 0.6) is 0 Å². The van der Waals surface area contributed by atoms with E-state index in [9.17, 15) is 0 Å². The Bertz CT molecular complexity index is 140. The molecule has 78 valence electrons. The van der Waals surface area contributed by atoms with E-state index >= 15 is 0 Å². The van der Waals surface area contributed by atoms with Crippen molar-refractivity contribution in [1.82, 2.24) is 0 Å². The Hall–Kier alpha value is 0.230. The fraction of sp³-hybridized carbons (Fsp3) is 1.00. The van der Waals surface area contributed by atoms with Gasteiger partial charge in [-0.2, -0.15) is 11.8 Å². The van der Waals surface area contributed by atoms with Gasteiger partial charge in [0.15, 0.2) is 0 Å². The molecule has 0 spiro atoms. The molecule has 3 unspecified atom stereocenters. The lowest BCUT2D eigenvalue weighted by atomic mass is 10.0. The Balaban J connectivity index is 2.12. The minimum absolute atomic E-state index is 0.224. The largest absolute Gasteiger partial charge is 0.395 e. The summed E-state index contributed by atoms with van der Waals surface area (Å²) in [7, 11) is 0. The first-order chi connectivity index (χ1) is 6.24. The second-order valence-electron chi connectivity index (χ2n) is 3.61. The van der Waals surface area contributed by atoms with Crippen molar-refractivity contribution in [2.45, 2.75) is 24.6 Å². The first kappa shape index (κ1) is 11.3. The molecule has 3 N–H and O–H groups in total. The lowest BCUT2D eigenvalue weighted by Crippen LogP contribution is -2.33. The van der Waals surface area contributed by atoms with Gasteiger partial charge in [-0.15, -0.1) is 0 Å². The normalized spacial score (nSPS) is 27.5. The van der Waals surface area contributed by atoms with Gasteiger partial charge in [-0.25, -0.2) is 0 Å². The molecule has 0 saturated carbocycles. The van der Waals surface area contributed by atoms with Crippen LogP contribution < -0.4 is 5.73 Å². The minimum Gasteiger partial charge on any atom is -0.395 e. The van der Waals surface area contributed by atoms with Crippen LogP contribution in [0.1, 0.15) is 13.3 Å². The number of hydrogen-bond acceptors (Lipinski definition) is 4. The summed E-state index contributed by atoms with van der Waals surface area (Å²) in [5.41, 5.74) is 6.00. The molecular weight excluding hydrogens is 186 g/mol. The molecule has 0 radical (unpaired) electrons. The minimum atomic E-state index is 0.224. The summed E-state index contributed by atoms with van der Waals surface area (Å²) in [4.78, 5) is 0. The zero-order chi connectivity index (χ0) is 9.68. The third kappa shape index (κ3) is 3.85. The molecule has 1 aliphatic rings. The molecule has 0 aliphatic carbocycles. The van der Waals surface area contributed by atoms with E-state index in [1.807, 2.05) is 6.92 Å². The summed E-state index contributed by atoms with van der Waals surface area (Å²) in [6.07, 6.45) is 1.09. The van der Waals surface area contributed by atoms with E-state index in [4.69, 9.17) is 15.6 Å². The SMILES string of the molecule is CC(CO)SCC(N)C1CCOC1. The van der Waals surface area contributed by atoms with Crippen molar-refractivity contribution in [3.63, 3.8) is 0 Å². The molecule has 1 fully saturated rings. The smallest absolute Gasteiger partial charge is 0.0547 e. The quantitative estimate of drug-likeness (QED) is 0.685. The van der Waals surface area contributed by atoms with Crippen molar-refractivity contribution in [2.75, 3.05) is 25.6 Å². The van der Waals surface area contributed by atoms with Crippen molar-refractivity contribution in [3.8, 4) is 0 Å². The molecule has 1 saturated heterocycles. The van der Waals surface area contributed by atoms with Crippen LogP contribution in [0.15, 0.2) is 0 Å². The van der Waals surface area contributed by atoms with Gasteiger partial charge in [0.25, 0.3) is 0 Å². The van der Waals surface area contributed by atoms with Gasteiger partial charge < -0.3 is 15.6 Å². The van der Waals surface area contributed by atoms with Crippen molar-refractivity contribution in [1.29, 1.82) is 0 Å². The Morgan fingerprint density at radius 2 is 2.46 bits per heavy atom. The maximum atomic E-state index is 8.83. The highest BCUT2D eigenvalue weighted by Crippen LogP contribution is 2.20. The third-order valence-corrected chi connectivity index (χ3v) is 3.70. The van der Waals surface area contributed by atoms with Crippen LogP contribution >= 0.6 is 11.8 Å². The zero-order valence-corrected chi connectivity index (χ0v) is 8.93. The zero-order valence-electron chi connectivity index (χ0n) is 8.11. The van der Waals surface area contributed by atoms with Crippen LogP contribution in [-0.2, 0) is 4.74 Å². The Morgan fingerprint density at radius 1 is 1.69 bits per heavy atom. The maximum Gasteiger partial charge on any atom is 0.0547 e. The molecule has 0 amide bonds. The number of aliphatic hydroxyl groups is 1. The van der Waals surface area contributed by atoms with Gasteiger partial charge >= 0.3 is 0 Å². The molecule has 0 aromatic heterocycles. The van der Waals surface area contributed by atoms with Gasteiger partial charge in [0.2, 0.25) is 0 Å². The molecule has 0 aromatic rings. The summed E-state index contributed by atoms with van der Waals surface area (Å²) in [6, 6.07) is 0.224. The van der Waals surface area contributed by atoms with Crippen LogP contribution in [0.4, 0.5) is 0 Å². The third-order valence-electron chi connectivity index (χ3n) is 2.40. The van der Waals surface area contributed by atoms with Crippen molar-refractivity contribution in [2.24, 2.45) is 11.7 Å². The molecule has 13 heavy (non-hydrogen) atoms. The Morgan fingerprint density at radius 3 is 3.00 bits per heavy atom. The summed E-state index contributed by atoms with van der Waals surface area (Å²) in [6.45, 7) is 3.93. The molecular formula is C9H19NO2S. The average molecular weight is 205 g/mol. The standard InChI is InChI=1S/C9H19NO2S/c1-7(4-11)13-6-9(10)8-2-3-12-5-8/h7-9,11H,2-6,10H2,1H3. The van der Waals surface area contributed by atoms with E-state index < -0.39 is 0 Å². The summed E-state index contributed by atoms with van der Waals surface area (Å²) < 4.78 is 5.27. The van der Waals surface area contributed by atoms with E-state index in [0.29, 0.717) is 11.2 Å². The first-order valence-corrected chi connectivity index (χ1v) is 5.84. The van der Waals surface area contributed by atoms with Gasteiger partial charge in [0, 0.05) is 29.6 Å². The van der Waals surface area contributed by atoms with Gasteiger partial charge in [-0.1, -0.05) is 6.92 Å². The number of hydrogen-bond donors (Lipinski definition) is 2. The van der Waals surface area contributed by atoms with Crippen LogP contribution in [-0.4, -0.2) is 42.0 Å². The Kier molecular flexibility index (Phi) is 5.09. The molecule has 3 nitrogen and oxygen atoms in total. The lowest BCUT2D eigenvalue weighted by molar-refractivity contribution is 0.182. The van der Waals surface area contributed by atoms with E-state index in [1.165, 1.54) is 0 Å². The summed E-state index contributed by atoms with van der Waals surface area (Å²) >= 11 is 1.74. The van der Waals surface area contributed by atoms with E-state index in [1.54, 1.807) is 11.8 Å². The van der Waals surface area contributed by atoms with Gasteiger partial charge in [0.1, 0.15) is 0 Å². The predicted octanol–water partition coefficient (Wildman–Crippen LogP) is 0.464. The van der Waals surface area contributed by atoms with Crippen LogP contribution in [0.2, 0.25) is 0 Å². The van der Waals surface area contributed by atoms with E-state index in [2.05, 4.69) is 0 Å². The number of rotatable bonds is 5. The fourth-order valence-corrected chi connectivity index (χ4v) is 2.28. The molecule has 1 aliphatic heterocycles. The average Bonchev–Trinajstić information content (AvgIpc) is 2.66. The first-order valence-electron chi connectivity index (χ1n) is 4.79. The molecule has 0 bridgehead atoms. The highest BCUT2D eigenvalue weighted by Gasteiger charge is 2.22. The highest BCUT2D eigenvalue weighted by atomic mass is 32.2. The number of thioether (sulfide) groups is 1. The van der Waals surface area contributed by atoms with Crippen LogP contribution in [0.3, 0.4) is 0 Å². The van der Waals surface area contributed by atoms with Gasteiger partial charge in [-0.3, -0.25) is 0 Å². The predicted molar refractivity (Wildman–Crippen MR) is 55.9 cm³/mol. The molecule has 0 aromatic carbocycles. The Labute approximate surface area is 84.0 Å². The molecule has 3 atom stereocenters. The van der Waals surface area contributed by atoms with E-state index in [-0.39, 0.29) is 12.6 Å². The second kappa shape index (κ2) is 5.86. The number of aliphatic hydroxyl groups excluding tert-OH is 1. The lowest BCUT2D eigenvalue weighted by Gasteiger charge is -2.18. The highest BCUT2D eigenvalue weighted by molar-refractivity contribution is 7.99. The van der Waals surface area contributed by atoms with Crippen molar-refractivity contribution in [3.05, 3.63) is 0 Å². The van der Waals surface area contributed by atoms with Crippen LogP contribution in [0.25, 0.3) is 0 Å². The molecule has 1 rings (SSSR count). The monoisotopic (exact) mass is 205 g/mol. The van der Waals surface area contributed by atoms with Crippen molar-refractivity contribution >= 4 is 11.8 Å².